The van der Waals surface area contributed by atoms with Gasteiger partial charge in [0.05, 0.1) is 20.5 Å². The Morgan fingerprint density at radius 1 is 1.07 bits per heavy atom. The molecule has 7 nitrogen and oxygen atoms in total. The second-order valence-electron chi connectivity index (χ2n) is 6.80. The summed E-state index contributed by atoms with van der Waals surface area (Å²) in [6, 6.07) is 7.63. The van der Waals surface area contributed by atoms with Gasteiger partial charge in [0.25, 0.3) is 0 Å². The number of carbonyl (C=O) groups is 2. The van der Waals surface area contributed by atoms with Gasteiger partial charge in [-0.15, -0.1) is 0 Å². The van der Waals surface area contributed by atoms with E-state index in [-0.39, 0.29) is 39.5 Å². The summed E-state index contributed by atoms with van der Waals surface area (Å²) in [6.07, 6.45) is 0.604. The molecule has 0 aliphatic carbocycles. The van der Waals surface area contributed by atoms with E-state index in [1.54, 1.807) is 6.07 Å². The Morgan fingerprint density at radius 2 is 1.73 bits per heavy atom. The summed E-state index contributed by atoms with van der Waals surface area (Å²) >= 11 is 11.6. The van der Waals surface area contributed by atoms with Gasteiger partial charge in [0.2, 0.25) is 21.8 Å². The molecule has 1 saturated heterocycles. The van der Waals surface area contributed by atoms with Gasteiger partial charge in [-0.3, -0.25) is 9.59 Å². The summed E-state index contributed by atoms with van der Waals surface area (Å²) in [4.78, 5) is 23.8. The van der Waals surface area contributed by atoms with Gasteiger partial charge in [0.1, 0.15) is 5.82 Å². The van der Waals surface area contributed by atoms with Crippen molar-refractivity contribution < 1.29 is 22.4 Å². The van der Waals surface area contributed by atoms with Crippen LogP contribution in [0.3, 0.4) is 0 Å². The number of hydrogen-bond donors (Lipinski definition) is 2. The first-order valence-electron chi connectivity index (χ1n) is 8.95. The van der Waals surface area contributed by atoms with Crippen molar-refractivity contribution in [1.82, 2.24) is 4.31 Å². The highest BCUT2D eigenvalue weighted by molar-refractivity contribution is 7.89. The molecule has 2 aromatic carbocycles. The molecular weight excluding hydrogens is 456 g/mol. The molecule has 0 radical (unpaired) electrons. The second kappa shape index (κ2) is 8.89. The number of nitrogens with zero attached hydrogens (tertiary/aromatic N) is 1. The van der Waals surface area contributed by atoms with Crippen LogP contribution in [-0.4, -0.2) is 37.6 Å². The van der Waals surface area contributed by atoms with Crippen LogP contribution in [0.1, 0.15) is 23.2 Å². The van der Waals surface area contributed by atoms with Gasteiger partial charge < -0.3 is 11.1 Å². The normalized spacial score (nSPS) is 15.7. The minimum atomic E-state index is -3.84. The van der Waals surface area contributed by atoms with E-state index >= 15 is 0 Å². The summed E-state index contributed by atoms with van der Waals surface area (Å²) in [5.41, 5.74) is 5.71. The lowest BCUT2D eigenvalue weighted by Crippen LogP contribution is -2.41. The molecule has 30 heavy (non-hydrogen) atoms. The van der Waals surface area contributed by atoms with Crippen molar-refractivity contribution >= 4 is 50.7 Å². The minimum absolute atomic E-state index is 0.0911. The maximum absolute atomic E-state index is 13.3. The molecule has 0 saturated carbocycles. The molecule has 3 rings (SSSR count). The van der Waals surface area contributed by atoms with Crippen LogP contribution in [0.4, 0.5) is 10.1 Å². The van der Waals surface area contributed by atoms with E-state index in [0.29, 0.717) is 18.5 Å². The van der Waals surface area contributed by atoms with Gasteiger partial charge in [-0.1, -0.05) is 23.2 Å². The van der Waals surface area contributed by atoms with Gasteiger partial charge in [-0.05, 0) is 49.2 Å². The standard InChI is InChI=1S/C19H18Cl2FN3O4S/c20-15-3-1-12(9-14(15)18(23)26)24-19(27)11-5-7-25(8-6-11)30(28,29)13-2-4-17(22)16(21)10-13/h1-4,9-11H,5-8H2,(H2,23,26)(H,24,27). The maximum Gasteiger partial charge on any atom is 0.250 e. The number of rotatable bonds is 5. The number of carbonyl (C=O) groups excluding carboxylic acids is 2. The fourth-order valence-electron chi connectivity index (χ4n) is 3.18. The molecule has 160 valence electrons. The molecule has 1 aliphatic heterocycles. The molecule has 11 heteroatoms. The fraction of sp³-hybridized carbons (Fsp3) is 0.263. The third kappa shape index (κ3) is 4.75. The van der Waals surface area contributed by atoms with Crippen molar-refractivity contribution in [2.24, 2.45) is 11.7 Å². The van der Waals surface area contributed by atoms with E-state index in [9.17, 15) is 22.4 Å². The maximum atomic E-state index is 13.3. The van der Waals surface area contributed by atoms with E-state index in [2.05, 4.69) is 5.32 Å². The third-order valence-corrected chi connectivity index (χ3v) is 7.37. The van der Waals surface area contributed by atoms with Crippen LogP contribution in [0, 0.1) is 11.7 Å². The molecule has 1 fully saturated rings. The average molecular weight is 474 g/mol. The number of sulfonamides is 1. The first kappa shape index (κ1) is 22.5. The van der Waals surface area contributed by atoms with Crippen molar-refractivity contribution in [3.63, 3.8) is 0 Å². The quantitative estimate of drug-likeness (QED) is 0.693. The number of amides is 2. The Bertz CT molecular complexity index is 1100. The van der Waals surface area contributed by atoms with Crippen LogP contribution in [-0.2, 0) is 14.8 Å². The number of nitrogens with two attached hydrogens (primary N) is 1. The van der Waals surface area contributed by atoms with Gasteiger partial charge in [0, 0.05) is 24.7 Å². The predicted octanol–water partition coefficient (Wildman–Crippen LogP) is 3.27. The summed E-state index contributed by atoms with van der Waals surface area (Å²) in [5.74, 6) is -2.13. The van der Waals surface area contributed by atoms with Crippen molar-refractivity contribution in [2.45, 2.75) is 17.7 Å². The number of halogens is 3. The lowest BCUT2D eigenvalue weighted by molar-refractivity contribution is -0.120. The Hall–Kier alpha value is -2.20. The molecular formula is C19H18Cl2FN3O4S. The molecule has 0 atom stereocenters. The van der Waals surface area contributed by atoms with Crippen molar-refractivity contribution in [3.05, 3.63) is 57.8 Å². The van der Waals surface area contributed by atoms with E-state index in [1.807, 2.05) is 0 Å². The average Bonchev–Trinajstić information content (AvgIpc) is 2.71. The second-order valence-corrected chi connectivity index (χ2v) is 9.55. The summed E-state index contributed by atoms with van der Waals surface area (Å²) in [5, 5.41) is 2.61. The van der Waals surface area contributed by atoms with E-state index < -0.39 is 27.7 Å². The lowest BCUT2D eigenvalue weighted by atomic mass is 9.97. The molecule has 2 amide bonds. The molecule has 0 aromatic heterocycles. The Labute approximate surface area is 183 Å². The smallest absolute Gasteiger partial charge is 0.250 e. The molecule has 2 aromatic rings. The Kier molecular flexibility index (Phi) is 6.66. The lowest BCUT2D eigenvalue weighted by Gasteiger charge is -2.30. The number of benzene rings is 2. The van der Waals surface area contributed by atoms with Gasteiger partial charge in [-0.2, -0.15) is 4.31 Å². The largest absolute Gasteiger partial charge is 0.366 e. The monoisotopic (exact) mass is 473 g/mol. The van der Waals surface area contributed by atoms with E-state index in [4.69, 9.17) is 28.9 Å². The van der Waals surface area contributed by atoms with Crippen LogP contribution < -0.4 is 11.1 Å². The number of nitrogens with one attached hydrogen (secondary N) is 1. The van der Waals surface area contributed by atoms with Crippen LogP contribution in [0.25, 0.3) is 0 Å². The van der Waals surface area contributed by atoms with E-state index in [0.717, 1.165) is 18.2 Å². The number of hydrogen-bond acceptors (Lipinski definition) is 4. The van der Waals surface area contributed by atoms with Gasteiger partial charge in [0.15, 0.2) is 0 Å². The summed E-state index contributed by atoms with van der Waals surface area (Å²) in [7, 11) is -3.84. The van der Waals surface area contributed by atoms with Gasteiger partial charge >= 0.3 is 0 Å². The molecule has 0 unspecified atom stereocenters. The number of primary amides is 1. The first-order valence-corrected chi connectivity index (χ1v) is 11.1. The molecule has 1 aliphatic rings. The minimum Gasteiger partial charge on any atom is -0.366 e. The zero-order chi connectivity index (χ0) is 22.1. The first-order chi connectivity index (χ1) is 14.1. The molecule has 0 spiro atoms. The van der Waals surface area contributed by atoms with Gasteiger partial charge in [-0.25, -0.2) is 12.8 Å². The van der Waals surface area contributed by atoms with Crippen molar-refractivity contribution in [3.8, 4) is 0 Å². The molecule has 0 bridgehead atoms. The Balaban J connectivity index is 1.65. The number of anilines is 1. The van der Waals surface area contributed by atoms with Crippen LogP contribution in [0.5, 0.6) is 0 Å². The van der Waals surface area contributed by atoms with Crippen LogP contribution in [0.2, 0.25) is 10.0 Å². The number of piperidine rings is 1. The summed E-state index contributed by atoms with van der Waals surface area (Å²) in [6.45, 7) is 0.255. The topological polar surface area (TPSA) is 110 Å². The summed E-state index contributed by atoms with van der Waals surface area (Å²) < 4.78 is 40.0. The van der Waals surface area contributed by atoms with Crippen molar-refractivity contribution in [1.29, 1.82) is 0 Å². The predicted molar refractivity (Wildman–Crippen MR) is 111 cm³/mol. The van der Waals surface area contributed by atoms with E-state index in [1.165, 1.54) is 16.4 Å². The highest BCUT2D eigenvalue weighted by Gasteiger charge is 2.32. The third-order valence-electron chi connectivity index (χ3n) is 4.85. The fourth-order valence-corrected chi connectivity index (χ4v) is 5.13. The zero-order valence-corrected chi connectivity index (χ0v) is 17.9. The zero-order valence-electron chi connectivity index (χ0n) is 15.6. The Morgan fingerprint density at radius 3 is 2.33 bits per heavy atom. The molecule has 3 N–H and O–H groups in total. The van der Waals surface area contributed by atoms with Crippen LogP contribution >= 0.6 is 23.2 Å². The molecule has 1 heterocycles. The van der Waals surface area contributed by atoms with Crippen LogP contribution in [0.15, 0.2) is 41.3 Å². The highest BCUT2D eigenvalue weighted by Crippen LogP contribution is 2.27. The highest BCUT2D eigenvalue weighted by atomic mass is 35.5. The van der Waals surface area contributed by atoms with Crippen molar-refractivity contribution in [2.75, 3.05) is 18.4 Å². The SMILES string of the molecule is NC(=O)c1cc(NC(=O)C2CCN(S(=O)(=O)c3ccc(F)c(Cl)c3)CC2)ccc1Cl.